The Hall–Kier alpha value is -5.24. The zero-order valence-corrected chi connectivity index (χ0v) is 37.4. The molecule has 2 aromatic carbocycles. The second-order valence-corrected chi connectivity index (χ2v) is 21.9. The van der Waals surface area contributed by atoms with Crippen molar-refractivity contribution in [1.29, 1.82) is 0 Å². The second kappa shape index (κ2) is 19.9. The van der Waals surface area contributed by atoms with Crippen LogP contribution in [0.3, 0.4) is 0 Å². The van der Waals surface area contributed by atoms with Gasteiger partial charge < -0.3 is 26.1 Å². The molecule has 6 N–H and O–H groups in total. The van der Waals surface area contributed by atoms with Crippen molar-refractivity contribution in [2.45, 2.75) is 106 Å². The number of sulfone groups is 2. The van der Waals surface area contributed by atoms with Crippen LogP contribution < -0.4 is 22.2 Å². The molecule has 62 heavy (non-hydrogen) atoms. The van der Waals surface area contributed by atoms with E-state index in [1.165, 1.54) is 82.3 Å². The van der Waals surface area contributed by atoms with Gasteiger partial charge in [-0.1, -0.05) is 70.2 Å². The first-order chi connectivity index (χ1) is 28.8. The predicted octanol–water partition coefficient (Wildman–Crippen LogP) is 8.34. The van der Waals surface area contributed by atoms with Gasteiger partial charge in [-0.3, -0.25) is 14.4 Å². The number of nitrogens with one attached hydrogen (secondary N) is 3. The molecular weight excluding hydrogens is 873 g/mol. The molecule has 0 saturated heterocycles. The summed E-state index contributed by atoms with van der Waals surface area (Å²) in [5.41, 5.74) is 8.71. The van der Waals surface area contributed by atoms with Crippen molar-refractivity contribution < 1.29 is 31.5 Å². The largest absolute Gasteiger partial charge is 0.477 e. The quantitative estimate of drug-likeness (QED) is 0.0948. The molecule has 0 aliphatic heterocycles. The van der Waals surface area contributed by atoms with E-state index >= 15 is 0 Å². The van der Waals surface area contributed by atoms with Crippen molar-refractivity contribution in [3.8, 4) is 0 Å². The van der Waals surface area contributed by atoms with Gasteiger partial charge in [0.2, 0.25) is 0 Å². The van der Waals surface area contributed by atoms with Crippen LogP contribution in [-0.4, -0.2) is 66.3 Å². The van der Waals surface area contributed by atoms with Crippen LogP contribution in [-0.2, 0) is 19.7 Å². The number of amides is 1. The SMILES string of the molecule is C.Cc1nc2c(C(=O)Nc3ccc(C4CCCCC4)cc3)sc(S(C)(=O)=O)c2c(=O)[nH]1.Cc1nc2c(C(=O)O)sc(S(C)(=O)=O)c2c(=O)[nH]1.Nc1ccc(C2CCCCC2)cc1. The van der Waals surface area contributed by atoms with Gasteiger partial charge in [-0.2, -0.15) is 0 Å². The molecule has 2 fully saturated rings. The molecule has 2 aliphatic rings. The molecule has 0 atom stereocenters. The predicted molar refractivity (Wildman–Crippen MR) is 247 cm³/mol. The van der Waals surface area contributed by atoms with Crippen LogP contribution in [0.15, 0.2) is 66.5 Å². The molecule has 15 nitrogen and oxygen atoms in total. The van der Waals surface area contributed by atoms with Crippen LogP contribution in [0.5, 0.6) is 0 Å². The van der Waals surface area contributed by atoms with Crippen molar-refractivity contribution in [2.75, 3.05) is 23.6 Å². The Balaban J connectivity index is 0.000000192. The average molecular weight is 925 g/mol. The van der Waals surface area contributed by atoms with E-state index in [-0.39, 0.29) is 53.2 Å². The number of aromatic amines is 2. The number of nitrogens with zero attached hydrogens (tertiary/aromatic N) is 2. The fourth-order valence-electron chi connectivity index (χ4n) is 7.75. The number of aromatic nitrogens is 4. The number of nitrogens with two attached hydrogens (primary N) is 1. The second-order valence-electron chi connectivity index (χ2n) is 15.4. The summed E-state index contributed by atoms with van der Waals surface area (Å²) in [6, 6.07) is 16.2. The molecule has 2 saturated carbocycles. The third-order valence-electron chi connectivity index (χ3n) is 10.6. The molecular formula is C43H52N6O9S4. The van der Waals surface area contributed by atoms with Crippen LogP contribution >= 0.6 is 22.7 Å². The highest BCUT2D eigenvalue weighted by Gasteiger charge is 2.28. The number of carboxylic acid groups (broad SMARTS) is 1. The highest BCUT2D eigenvalue weighted by Crippen LogP contribution is 2.36. The summed E-state index contributed by atoms with van der Waals surface area (Å²) in [6.07, 6.45) is 15.1. The Morgan fingerprint density at radius 2 is 1.06 bits per heavy atom. The van der Waals surface area contributed by atoms with Crippen LogP contribution in [0.4, 0.5) is 11.4 Å². The van der Waals surface area contributed by atoms with Gasteiger partial charge in [0.05, 0.1) is 10.8 Å². The van der Waals surface area contributed by atoms with E-state index < -0.39 is 42.7 Å². The zero-order chi connectivity index (χ0) is 44.2. The fourth-order valence-corrected chi connectivity index (χ4v) is 12.3. The van der Waals surface area contributed by atoms with Gasteiger partial charge >= 0.3 is 5.97 Å². The van der Waals surface area contributed by atoms with Crippen molar-refractivity contribution in [3.63, 3.8) is 0 Å². The number of nitrogen functional groups attached to an aromatic ring is 1. The molecule has 19 heteroatoms. The van der Waals surface area contributed by atoms with E-state index in [4.69, 9.17) is 10.8 Å². The van der Waals surface area contributed by atoms with Crippen molar-refractivity contribution in [1.82, 2.24) is 19.9 Å². The molecule has 0 bridgehead atoms. The first kappa shape index (κ1) is 47.8. The van der Waals surface area contributed by atoms with Gasteiger partial charge in [-0.25, -0.2) is 31.6 Å². The van der Waals surface area contributed by atoms with Crippen molar-refractivity contribution in [3.05, 3.63) is 102 Å². The summed E-state index contributed by atoms with van der Waals surface area (Å²) in [6.45, 7) is 3.08. The van der Waals surface area contributed by atoms with E-state index in [1.807, 2.05) is 36.4 Å². The van der Waals surface area contributed by atoms with E-state index in [0.717, 1.165) is 35.5 Å². The average Bonchev–Trinajstić information content (AvgIpc) is 3.81. The maximum atomic E-state index is 12.9. The summed E-state index contributed by atoms with van der Waals surface area (Å²) >= 11 is 1.31. The highest BCUT2D eigenvalue weighted by atomic mass is 32.2. The standard InChI is InChI=1S/C21H23N3O4S2.C12H17N.C9H8N2O5S2.CH4/c1-12-22-17-16(19(25)23-12)21(30(2,27)28)29-18(17)20(26)24-15-10-8-14(9-11-15)13-6-4-3-5-7-13;13-12-8-6-11(7-9-12)10-4-2-1-3-5-10;1-3-10-5-4(7(12)11-3)9(18(2,15)16)17-6(5)8(13)14;/h8-11,13H,3-7H2,1-2H3,(H,24,26)(H,22,23,25);6-10H,1-5,13H2;1-2H3,(H,13,14)(H,10,11,12);1H4. The highest BCUT2D eigenvalue weighted by molar-refractivity contribution is 7.93. The molecule has 6 aromatic rings. The van der Waals surface area contributed by atoms with E-state index in [9.17, 15) is 36.0 Å². The first-order valence-corrected chi connectivity index (χ1v) is 25.2. The number of benzene rings is 2. The number of carbonyl (C=O) groups is 2. The molecule has 2 aliphatic carbocycles. The van der Waals surface area contributed by atoms with Gasteiger partial charge in [0.1, 0.15) is 40.9 Å². The fraction of sp³-hybridized carbons (Fsp3) is 0.395. The maximum Gasteiger partial charge on any atom is 0.348 e. The Labute approximate surface area is 368 Å². The molecule has 4 heterocycles. The molecule has 4 aromatic heterocycles. The lowest BCUT2D eigenvalue weighted by Crippen LogP contribution is -2.14. The number of carboxylic acids is 1. The molecule has 0 spiro atoms. The minimum Gasteiger partial charge on any atom is -0.477 e. The molecule has 1 amide bonds. The number of rotatable bonds is 7. The summed E-state index contributed by atoms with van der Waals surface area (Å²) in [5, 5.41) is 11.6. The van der Waals surface area contributed by atoms with Gasteiger partial charge in [0, 0.05) is 23.9 Å². The number of thiophene rings is 2. The van der Waals surface area contributed by atoms with Crippen LogP contribution in [0.2, 0.25) is 0 Å². The minimum atomic E-state index is -3.69. The lowest BCUT2D eigenvalue weighted by atomic mass is 9.84. The molecule has 332 valence electrons. The number of hydrogen-bond donors (Lipinski definition) is 5. The van der Waals surface area contributed by atoms with Crippen LogP contribution in [0.25, 0.3) is 21.8 Å². The first-order valence-electron chi connectivity index (χ1n) is 19.8. The maximum absolute atomic E-state index is 12.9. The summed E-state index contributed by atoms with van der Waals surface area (Å²) in [5.74, 6) is 0.125. The van der Waals surface area contributed by atoms with E-state index in [1.54, 1.807) is 6.92 Å². The number of anilines is 2. The number of hydrogen-bond acceptors (Lipinski definition) is 13. The Morgan fingerprint density at radius 3 is 1.47 bits per heavy atom. The monoisotopic (exact) mass is 924 g/mol. The molecule has 8 rings (SSSR count). The Bertz CT molecular complexity index is 2920. The Kier molecular flexibility index (Phi) is 15.3. The van der Waals surface area contributed by atoms with E-state index in [2.05, 4.69) is 37.4 Å². The van der Waals surface area contributed by atoms with E-state index in [0.29, 0.717) is 28.8 Å². The number of fused-ring (bicyclic) bond motifs is 2. The van der Waals surface area contributed by atoms with Crippen molar-refractivity contribution >= 4 is 87.4 Å². The summed E-state index contributed by atoms with van der Waals surface area (Å²) < 4.78 is 47.0. The molecule has 0 unspecified atom stereocenters. The number of aryl methyl sites for hydroxylation is 2. The van der Waals surface area contributed by atoms with Gasteiger partial charge in [0.25, 0.3) is 17.0 Å². The third kappa shape index (κ3) is 11.2. The zero-order valence-electron chi connectivity index (χ0n) is 34.2. The summed E-state index contributed by atoms with van der Waals surface area (Å²) in [7, 11) is -7.37. The number of H-pyrrole nitrogens is 2. The lowest BCUT2D eigenvalue weighted by Gasteiger charge is -2.22. The van der Waals surface area contributed by atoms with Crippen LogP contribution in [0, 0.1) is 13.8 Å². The minimum absolute atomic E-state index is 0. The normalized spacial score (nSPS) is 14.8. The number of carbonyl (C=O) groups excluding carboxylic acids is 1. The van der Waals surface area contributed by atoms with Gasteiger partial charge in [0.15, 0.2) is 19.7 Å². The third-order valence-corrected chi connectivity index (χ3v) is 16.6. The van der Waals surface area contributed by atoms with Crippen LogP contribution in [0.1, 0.15) is 126 Å². The summed E-state index contributed by atoms with van der Waals surface area (Å²) in [4.78, 5) is 61.0. The van der Waals surface area contributed by atoms with Gasteiger partial charge in [-0.15, -0.1) is 22.7 Å². The number of aromatic carboxylic acids is 1. The lowest BCUT2D eigenvalue weighted by molar-refractivity contribution is 0.0703. The van der Waals surface area contributed by atoms with Crippen molar-refractivity contribution in [2.24, 2.45) is 0 Å². The van der Waals surface area contributed by atoms with Gasteiger partial charge in [-0.05, 0) is 86.8 Å². The topological polar surface area (TPSA) is 252 Å². The molecule has 0 radical (unpaired) electrons. The Morgan fingerprint density at radius 1 is 0.677 bits per heavy atom. The smallest absolute Gasteiger partial charge is 0.348 e.